The van der Waals surface area contributed by atoms with Crippen molar-refractivity contribution in [1.82, 2.24) is 4.90 Å². The topological polar surface area (TPSA) is 68.2 Å². The van der Waals surface area contributed by atoms with Crippen LogP contribution in [0.4, 0.5) is 0 Å². The number of allylic oxidation sites excluding steroid dienone is 1. The van der Waals surface area contributed by atoms with E-state index in [9.17, 15) is 9.90 Å². The van der Waals surface area contributed by atoms with Crippen LogP contribution in [0.5, 0.6) is 0 Å². The van der Waals surface area contributed by atoms with Crippen LogP contribution in [-0.4, -0.2) is 47.8 Å². The lowest BCUT2D eigenvalue weighted by Gasteiger charge is -2.49. The number of rotatable bonds is 8. The molecule has 234 valence electrons. The summed E-state index contributed by atoms with van der Waals surface area (Å²) in [7, 11) is 1.58. The Morgan fingerprint density at radius 2 is 1.86 bits per heavy atom. The summed E-state index contributed by atoms with van der Waals surface area (Å²) in [5, 5.41) is 12.0. The number of cyclic esters (lactones) is 1. The number of nitrogens with zero attached hydrogens (tertiary/aromatic N) is 1. The smallest absolute Gasteiger partial charge is 0.343 e. The highest BCUT2D eigenvalue weighted by molar-refractivity contribution is 5.93. The van der Waals surface area contributed by atoms with E-state index in [1.54, 1.807) is 14.0 Å². The fraction of sp³-hybridized carbons (Fsp3) is 0.649. The van der Waals surface area contributed by atoms with E-state index in [0.29, 0.717) is 40.1 Å². The highest BCUT2D eigenvalue weighted by Gasteiger charge is 2.51. The third-order valence-electron chi connectivity index (χ3n) is 11.7. The molecule has 6 nitrogen and oxygen atoms in total. The number of hydrogen-bond acceptors (Lipinski definition) is 6. The van der Waals surface area contributed by atoms with Crippen LogP contribution < -0.4 is 0 Å². The molecule has 1 aromatic rings. The number of esters is 1. The first-order valence-electron chi connectivity index (χ1n) is 16.8. The van der Waals surface area contributed by atoms with Crippen molar-refractivity contribution in [3.8, 4) is 0 Å². The molecular weight excluding hydrogens is 538 g/mol. The van der Waals surface area contributed by atoms with Gasteiger partial charge in [0.05, 0.1) is 18.8 Å². The number of piperidine rings is 1. The first-order valence-corrected chi connectivity index (χ1v) is 16.8. The molecule has 43 heavy (non-hydrogen) atoms. The van der Waals surface area contributed by atoms with Crippen LogP contribution >= 0.6 is 0 Å². The number of hydrogen-bond donors (Lipinski definition) is 1. The van der Waals surface area contributed by atoms with E-state index in [1.807, 2.05) is 0 Å². The lowest BCUT2D eigenvalue weighted by atomic mass is 9.70. The molecule has 1 saturated carbocycles. The third kappa shape index (κ3) is 5.70. The maximum absolute atomic E-state index is 12.5. The second kappa shape index (κ2) is 12.4. The summed E-state index contributed by atoms with van der Waals surface area (Å²) in [5.74, 6) is 3.49. The van der Waals surface area contributed by atoms with Crippen molar-refractivity contribution in [1.29, 1.82) is 0 Å². The van der Waals surface area contributed by atoms with Crippen molar-refractivity contribution in [3.63, 3.8) is 0 Å². The van der Waals surface area contributed by atoms with Gasteiger partial charge < -0.3 is 19.3 Å². The highest BCUT2D eigenvalue weighted by atomic mass is 16.6. The van der Waals surface area contributed by atoms with Gasteiger partial charge in [0.1, 0.15) is 5.76 Å². The maximum atomic E-state index is 12.5. The van der Waals surface area contributed by atoms with Gasteiger partial charge in [-0.15, -0.1) is 0 Å². The fourth-order valence-corrected chi connectivity index (χ4v) is 9.19. The van der Waals surface area contributed by atoms with Gasteiger partial charge in [-0.1, -0.05) is 63.9 Å². The van der Waals surface area contributed by atoms with E-state index >= 15 is 0 Å². The molecule has 3 fully saturated rings. The standard InChI is InChI=1S/C37H51NO5/c1-23(2)37(16-9-10-17-37)18-15-30(39)28-21-27(20-26-12-7-6-8-13-26)22-29-32-24(3)34(42-31(32)14-11-19-38(28)29)35-33(41-5)25(4)36(40)43-35/h6-8,12-14,23-24,27-30,32,39H,9-11,15-22H2,1-5H3. The van der Waals surface area contributed by atoms with Crippen molar-refractivity contribution in [2.75, 3.05) is 13.7 Å². The molecule has 0 amide bonds. The van der Waals surface area contributed by atoms with Gasteiger partial charge in [-0.05, 0) is 87.2 Å². The summed E-state index contributed by atoms with van der Waals surface area (Å²) >= 11 is 0. The number of aliphatic hydroxyl groups excluding tert-OH is 1. The lowest BCUT2D eigenvalue weighted by Crippen LogP contribution is -2.57. The van der Waals surface area contributed by atoms with E-state index in [-0.39, 0.29) is 36.0 Å². The molecule has 1 N–H and O–H groups in total. The molecular formula is C37H51NO5. The Balaban J connectivity index is 1.30. The van der Waals surface area contributed by atoms with Crippen molar-refractivity contribution in [2.24, 2.45) is 29.1 Å². The number of carbonyl (C=O) groups excluding carboxylic acids is 1. The van der Waals surface area contributed by atoms with Crippen LogP contribution in [0.15, 0.2) is 65.0 Å². The average Bonchev–Trinajstić information content (AvgIpc) is 3.65. The zero-order valence-corrected chi connectivity index (χ0v) is 26.8. The van der Waals surface area contributed by atoms with Gasteiger partial charge in [-0.2, -0.15) is 0 Å². The first-order chi connectivity index (χ1) is 20.7. The number of ether oxygens (including phenoxy) is 3. The minimum atomic E-state index is -0.372. The Kier molecular flexibility index (Phi) is 8.81. The van der Waals surface area contributed by atoms with E-state index < -0.39 is 0 Å². The van der Waals surface area contributed by atoms with E-state index in [2.05, 4.69) is 62.1 Å². The Bertz CT molecular complexity index is 1270. The number of benzene rings is 1. The van der Waals surface area contributed by atoms with Crippen molar-refractivity contribution in [3.05, 3.63) is 70.6 Å². The normalized spacial score (nSPS) is 33.0. The zero-order chi connectivity index (χ0) is 30.3. The molecule has 0 spiro atoms. The molecule has 4 aliphatic heterocycles. The van der Waals surface area contributed by atoms with Crippen LogP contribution in [0.25, 0.3) is 0 Å². The largest absolute Gasteiger partial charge is 0.492 e. The quantitative estimate of drug-likeness (QED) is 0.321. The number of carbonyl (C=O) groups is 1. The average molecular weight is 590 g/mol. The van der Waals surface area contributed by atoms with E-state index in [1.165, 1.54) is 31.2 Å². The molecule has 0 aromatic heterocycles. The second-order valence-corrected chi connectivity index (χ2v) is 14.3. The van der Waals surface area contributed by atoms with Gasteiger partial charge in [0, 0.05) is 30.5 Å². The molecule has 1 aromatic carbocycles. The van der Waals surface area contributed by atoms with Gasteiger partial charge in [-0.3, -0.25) is 4.90 Å². The van der Waals surface area contributed by atoms with Crippen LogP contribution in [-0.2, 0) is 25.4 Å². The van der Waals surface area contributed by atoms with E-state index in [4.69, 9.17) is 14.2 Å². The molecule has 2 saturated heterocycles. The zero-order valence-electron chi connectivity index (χ0n) is 26.8. The van der Waals surface area contributed by atoms with Gasteiger partial charge in [0.15, 0.2) is 11.5 Å². The summed E-state index contributed by atoms with van der Waals surface area (Å²) < 4.78 is 17.9. The predicted octanol–water partition coefficient (Wildman–Crippen LogP) is 7.29. The Labute approximate surface area is 258 Å². The molecule has 0 radical (unpaired) electrons. The van der Waals surface area contributed by atoms with Gasteiger partial charge in [-0.25, -0.2) is 4.79 Å². The second-order valence-electron chi connectivity index (χ2n) is 14.3. The Hall–Kier alpha value is -2.57. The van der Waals surface area contributed by atoms with Gasteiger partial charge in [0.25, 0.3) is 0 Å². The molecule has 6 rings (SSSR count). The SMILES string of the molecule is COC1=C(C)C(=O)OC1=C1OC2=CCCN3C(C(O)CCC4(C(C)C)CCCC4)CC(Cc4ccccc4)CC3C2C1C. The Morgan fingerprint density at radius 1 is 1.12 bits per heavy atom. The minimum absolute atomic E-state index is 0.0201. The van der Waals surface area contributed by atoms with Gasteiger partial charge >= 0.3 is 5.97 Å². The monoisotopic (exact) mass is 589 g/mol. The molecule has 6 unspecified atom stereocenters. The molecule has 5 aliphatic rings. The minimum Gasteiger partial charge on any atom is -0.492 e. The Morgan fingerprint density at radius 3 is 2.56 bits per heavy atom. The maximum Gasteiger partial charge on any atom is 0.343 e. The summed E-state index contributed by atoms with van der Waals surface area (Å²) in [4.78, 5) is 15.1. The summed E-state index contributed by atoms with van der Waals surface area (Å²) in [5.41, 5.74) is 2.23. The van der Waals surface area contributed by atoms with Crippen LogP contribution in [0.1, 0.15) is 91.0 Å². The predicted molar refractivity (Wildman–Crippen MR) is 167 cm³/mol. The van der Waals surface area contributed by atoms with Crippen LogP contribution in [0.3, 0.4) is 0 Å². The molecule has 0 bridgehead atoms. The van der Waals surface area contributed by atoms with Crippen molar-refractivity contribution in [2.45, 2.75) is 110 Å². The van der Waals surface area contributed by atoms with E-state index in [0.717, 1.165) is 50.8 Å². The third-order valence-corrected chi connectivity index (χ3v) is 11.7. The van der Waals surface area contributed by atoms with Crippen LogP contribution in [0.2, 0.25) is 0 Å². The first kappa shape index (κ1) is 30.5. The summed E-state index contributed by atoms with van der Waals surface area (Å²) in [6, 6.07) is 11.2. The lowest BCUT2D eigenvalue weighted by molar-refractivity contribution is -0.133. The number of methoxy groups -OCH3 is 1. The number of fused-ring (bicyclic) bond motifs is 3. The molecule has 4 heterocycles. The highest BCUT2D eigenvalue weighted by Crippen LogP contribution is 2.52. The molecule has 1 aliphatic carbocycles. The molecule has 6 atom stereocenters. The van der Waals surface area contributed by atoms with Crippen LogP contribution in [0, 0.1) is 29.1 Å². The van der Waals surface area contributed by atoms with Crippen molar-refractivity contribution < 1.29 is 24.1 Å². The molecule has 6 heteroatoms. The fourth-order valence-electron chi connectivity index (χ4n) is 9.19. The van der Waals surface area contributed by atoms with Gasteiger partial charge in [0.2, 0.25) is 5.76 Å². The summed E-state index contributed by atoms with van der Waals surface area (Å²) in [6.07, 6.45) is 13.1. The summed E-state index contributed by atoms with van der Waals surface area (Å²) in [6.45, 7) is 9.63. The van der Waals surface area contributed by atoms with Crippen molar-refractivity contribution >= 4 is 5.97 Å². The number of aliphatic hydroxyl groups is 1.